The van der Waals surface area contributed by atoms with Crippen LogP contribution in [0.4, 0.5) is 0 Å². The molecule has 0 aromatic carbocycles. The summed E-state index contributed by atoms with van der Waals surface area (Å²) in [6, 6.07) is 6.12. The molecule has 2 rings (SSSR count). The maximum absolute atomic E-state index is 4.70. The number of thioether (sulfide) groups is 1. The second kappa shape index (κ2) is 6.22. The minimum atomic E-state index is 0.843. The lowest BCUT2D eigenvalue weighted by Crippen LogP contribution is -2.15. The van der Waals surface area contributed by atoms with Crippen LogP contribution < -0.4 is 5.32 Å². The third-order valence-electron chi connectivity index (χ3n) is 2.71. The molecule has 1 N–H and O–H groups in total. The Morgan fingerprint density at radius 1 is 1.39 bits per heavy atom. The van der Waals surface area contributed by atoms with E-state index >= 15 is 0 Å². The maximum Gasteiger partial charge on any atom is 0.138 e. The van der Waals surface area contributed by atoms with E-state index in [1.54, 1.807) is 0 Å². The molecule has 2 aromatic heterocycles. The molecule has 2 heterocycles. The highest BCUT2D eigenvalue weighted by molar-refractivity contribution is 7.99. The van der Waals surface area contributed by atoms with Gasteiger partial charge in [-0.25, -0.2) is 4.98 Å². The Bertz CT molecular complexity index is 507. The monoisotopic (exact) mass is 264 g/mol. The van der Waals surface area contributed by atoms with Crippen LogP contribution in [0.25, 0.3) is 5.65 Å². The number of rotatable bonds is 6. The van der Waals surface area contributed by atoms with Crippen LogP contribution in [-0.2, 0) is 6.54 Å². The summed E-state index contributed by atoms with van der Waals surface area (Å²) in [5, 5.41) is 4.35. The van der Waals surface area contributed by atoms with Crippen molar-refractivity contribution in [3.8, 4) is 0 Å². The lowest BCUT2D eigenvalue weighted by molar-refractivity contribution is 0.437. The summed E-state index contributed by atoms with van der Waals surface area (Å²) in [4.78, 5) is 6.89. The summed E-state index contributed by atoms with van der Waals surface area (Å²) in [5.74, 6) is 1.06. The normalized spacial score (nSPS) is 11.6. The minimum absolute atomic E-state index is 0.843. The van der Waals surface area contributed by atoms with Crippen LogP contribution >= 0.6 is 11.8 Å². The van der Waals surface area contributed by atoms with Crippen LogP contribution in [0.1, 0.15) is 5.69 Å². The first-order chi connectivity index (χ1) is 8.72. The molecule has 0 aliphatic heterocycles. The second-order valence-electron chi connectivity index (χ2n) is 4.47. The Morgan fingerprint density at radius 2 is 2.22 bits per heavy atom. The summed E-state index contributed by atoms with van der Waals surface area (Å²) in [7, 11) is 6.16. The molecule has 18 heavy (non-hydrogen) atoms. The third kappa shape index (κ3) is 3.04. The highest BCUT2D eigenvalue weighted by Gasteiger charge is 2.11. The van der Waals surface area contributed by atoms with Gasteiger partial charge in [0.15, 0.2) is 0 Å². The molecule has 0 bridgehead atoms. The van der Waals surface area contributed by atoms with Crippen molar-refractivity contribution in [1.29, 1.82) is 0 Å². The van der Waals surface area contributed by atoms with Gasteiger partial charge in [-0.05, 0) is 33.3 Å². The lowest BCUT2D eigenvalue weighted by atomic mass is 10.4. The van der Waals surface area contributed by atoms with Crippen LogP contribution in [0, 0.1) is 0 Å². The second-order valence-corrected chi connectivity index (χ2v) is 5.56. The van der Waals surface area contributed by atoms with Crippen LogP contribution in [-0.4, -0.2) is 47.7 Å². The van der Waals surface area contributed by atoms with Crippen LogP contribution in [0.5, 0.6) is 0 Å². The van der Waals surface area contributed by atoms with E-state index in [0.717, 1.165) is 29.5 Å². The van der Waals surface area contributed by atoms with Gasteiger partial charge in [0.05, 0.1) is 5.69 Å². The lowest BCUT2D eigenvalue weighted by Gasteiger charge is -2.08. The summed E-state index contributed by atoms with van der Waals surface area (Å²) >= 11 is 1.83. The van der Waals surface area contributed by atoms with Gasteiger partial charge in [0.1, 0.15) is 10.7 Å². The summed E-state index contributed by atoms with van der Waals surface area (Å²) < 4.78 is 2.16. The van der Waals surface area contributed by atoms with Crippen molar-refractivity contribution < 1.29 is 0 Å². The number of aromatic nitrogens is 2. The van der Waals surface area contributed by atoms with Gasteiger partial charge >= 0.3 is 0 Å². The minimum Gasteiger partial charge on any atom is -0.314 e. The number of fused-ring (bicyclic) bond motifs is 1. The van der Waals surface area contributed by atoms with Crippen molar-refractivity contribution in [3.63, 3.8) is 0 Å². The van der Waals surface area contributed by atoms with Crippen molar-refractivity contribution in [2.75, 3.05) is 33.4 Å². The quantitative estimate of drug-likeness (QED) is 0.805. The first kappa shape index (κ1) is 13.4. The largest absolute Gasteiger partial charge is 0.314 e. The van der Waals surface area contributed by atoms with Crippen LogP contribution in [0.2, 0.25) is 0 Å². The number of imidazole rings is 1. The topological polar surface area (TPSA) is 32.6 Å². The zero-order chi connectivity index (χ0) is 13.0. The molecule has 0 saturated carbocycles. The van der Waals surface area contributed by atoms with Gasteiger partial charge in [-0.15, -0.1) is 11.8 Å². The third-order valence-corrected chi connectivity index (χ3v) is 3.70. The Balaban J connectivity index is 2.22. The Kier molecular flexibility index (Phi) is 4.63. The molecule has 0 unspecified atom stereocenters. The molecule has 98 valence electrons. The first-order valence-electron chi connectivity index (χ1n) is 6.10. The standard InChI is InChI=1S/C13H20N4S/c1-14-10-11-13(18-9-8-16(2)3)15-12-6-4-5-7-17(11)12/h4-7,14H,8-10H2,1-3H3. The van der Waals surface area contributed by atoms with E-state index in [0.29, 0.717) is 0 Å². The van der Waals surface area contributed by atoms with E-state index in [9.17, 15) is 0 Å². The van der Waals surface area contributed by atoms with E-state index < -0.39 is 0 Å². The summed E-state index contributed by atoms with van der Waals surface area (Å²) in [6.07, 6.45) is 2.07. The van der Waals surface area contributed by atoms with Crippen molar-refractivity contribution in [1.82, 2.24) is 19.6 Å². The van der Waals surface area contributed by atoms with Gasteiger partial charge in [-0.3, -0.25) is 0 Å². The molecule has 0 aliphatic carbocycles. The summed E-state index contributed by atoms with van der Waals surface area (Å²) in [6.45, 7) is 1.91. The van der Waals surface area contributed by atoms with Crippen molar-refractivity contribution in [2.45, 2.75) is 11.6 Å². The van der Waals surface area contributed by atoms with Gasteiger partial charge in [-0.2, -0.15) is 0 Å². The number of nitrogens with zero attached hydrogens (tertiary/aromatic N) is 3. The molecule has 4 nitrogen and oxygen atoms in total. The van der Waals surface area contributed by atoms with E-state index in [-0.39, 0.29) is 0 Å². The Labute approximate surface area is 112 Å². The van der Waals surface area contributed by atoms with Gasteiger partial charge in [0.25, 0.3) is 0 Å². The van der Waals surface area contributed by atoms with Crippen LogP contribution in [0.15, 0.2) is 29.4 Å². The molecule has 0 amide bonds. The highest BCUT2D eigenvalue weighted by atomic mass is 32.2. The molecular formula is C13H20N4S. The maximum atomic E-state index is 4.70. The first-order valence-corrected chi connectivity index (χ1v) is 7.09. The van der Waals surface area contributed by atoms with Gasteiger partial charge in [0.2, 0.25) is 0 Å². The molecule has 2 aromatic rings. The van der Waals surface area contributed by atoms with Crippen molar-refractivity contribution >= 4 is 17.4 Å². The fourth-order valence-electron chi connectivity index (χ4n) is 1.79. The highest BCUT2D eigenvalue weighted by Crippen LogP contribution is 2.23. The zero-order valence-corrected chi connectivity index (χ0v) is 12.0. The average Bonchev–Trinajstić information content (AvgIpc) is 2.68. The summed E-state index contributed by atoms with van der Waals surface area (Å²) in [5.41, 5.74) is 2.27. The number of hydrogen-bond donors (Lipinski definition) is 1. The SMILES string of the molecule is CNCc1c(SCCN(C)C)nc2ccccn12. The predicted octanol–water partition coefficient (Wildman–Crippen LogP) is 1.71. The molecule has 0 aliphatic rings. The van der Waals surface area contributed by atoms with Crippen molar-refractivity contribution in [2.24, 2.45) is 0 Å². The van der Waals surface area contributed by atoms with E-state index in [1.807, 2.05) is 30.9 Å². The molecular weight excluding hydrogens is 244 g/mol. The van der Waals surface area contributed by atoms with E-state index in [2.05, 4.69) is 41.0 Å². The molecule has 5 heteroatoms. The fraction of sp³-hybridized carbons (Fsp3) is 0.462. The molecule has 0 radical (unpaired) electrons. The Morgan fingerprint density at radius 3 is 2.94 bits per heavy atom. The van der Waals surface area contributed by atoms with Gasteiger partial charge in [-0.1, -0.05) is 6.07 Å². The smallest absolute Gasteiger partial charge is 0.138 e. The zero-order valence-electron chi connectivity index (χ0n) is 11.2. The van der Waals surface area contributed by atoms with Crippen molar-refractivity contribution in [3.05, 3.63) is 30.1 Å². The predicted molar refractivity (Wildman–Crippen MR) is 77.2 cm³/mol. The number of hydrogen-bond acceptors (Lipinski definition) is 4. The molecule has 0 fully saturated rings. The number of nitrogens with one attached hydrogen (secondary N) is 1. The fourth-order valence-corrected chi connectivity index (χ4v) is 2.94. The molecule has 0 saturated heterocycles. The van der Waals surface area contributed by atoms with Gasteiger partial charge in [0, 0.05) is 25.0 Å². The molecule has 0 atom stereocenters. The number of pyridine rings is 1. The molecule has 0 spiro atoms. The average molecular weight is 264 g/mol. The van der Waals surface area contributed by atoms with Crippen LogP contribution in [0.3, 0.4) is 0 Å². The Hall–Kier alpha value is -1.04. The van der Waals surface area contributed by atoms with Gasteiger partial charge < -0.3 is 14.6 Å². The van der Waals surface area contributed by atoms with E-state index in [1.165, 1.54) is 5.69 Å². The van der Waals surface area contributed by atoms with E-state index in [4.69, 9.17) is 4.98 Å².